The van der Waals surface area contributed by atoms with Crippen LogP contribution in [0.15, 0.2) is 0 Å². The molecule has 0 radical (unpaired) electrons. The fourth-order valence-electron chi connectivity index (χ4n) is 1.80. The van der Waals surface area contributed by atoms with Crippen molar-refractivity contribution in [2.75, 3.05) is 12.5 Å². The lowest BCUT2D eigenvalue weighted by atomic mass is 10.1. The zero-order valence-electron chi connectivity index (χ0n) is 11.4. The SMILES string of the molecule is CCCCCCCCO[Si](C)(C)CCCCl. The molecule has 0 amide bonds. The van der Waals surface area contributed by atoms with Gasteiger partial charge in [-0.1, -0.05) is 39.0 Å². The highest BCUT2D eigenvalue weighted by Gasteiger charge is 2.20. The minimum absolute atomic E-state index is 0.775. The van der Waals surface area contributed by atoms with E-state index >= 15 is 0 Å². The Balaban J connectivity index is 3.29. The summed E-state index contributed by atoms with van der Waals surface area (Å²) in [7, 11) is -1.38. The van der Waals surface area contributed by atoms with Gasteiger partial charge in [0.1, 0.15) is 0 Å². The number of halogens is 1. The van der Waals surface area contributed by atoms with E-state index in [1.54, 1.807) is 0 Å². The number of unbranched alkanes of at least 4 members (excludes halogenated alkanes) is 5. The van der Waals surface area contributed by atoms with Crippen LogP contribution in [0.1, 0.15) is 51.9 Å². The first-order valence-corrected chi connectivity index (χ1v) is 10.5. The summed E-state index contributed by atoms with van der Waals surface area (Å²) >= 11 is 5.71. The third-order valence-corrected chi connectivity index (χ3v) is 5.71. The summed E-state index contributed by atoms with van der Waals surface area (Å²) in [6.07, 6.45) is 9.16. The van der Waals surface area contributed by atoms with E-state index in [1.165, 1.54) is 44.6 Å². The Kier molecular flexibility index (Phi) is 10.9. The molecule has 0 heterocycles. The van der Waals surface area contributed by atoms with Gasteiger partial charge < -0.3 is 4.43 Å². The second-order valence-electron chi connectivity index (χ2n) is 5.17. The van der Waals surface area contributed by atoms with E-state index in [2.05, 4.69) is 20.0 Å². The summed E-state index contributed by atoms with van der Waals surface area (Å²) in [5.41, 5.74) is 0. The molecule has 0 rings (SSSR count). The normalized spacial score (nSPS) is 12.0. The molecule has 0 fully saturated rings. The third-order valence-electron chi connectivity index (χ3n) is 2.90. The minimum atomic E-state index is -1.38. The first kappa shape index (κ1) is 16.5. The maximum absolute atomic E-state index is 6.02. The molecule has 0 aromatic heterocycles. The monoisotopic (exact) mass is 264 g/mol. The fraction of sp³-hybridized carbons (Fsp3) is 1.00. The van der Waals surface area contributed by atoms with Crippen LogP contribution in [0, 0.1) is 0 Å². The highest BCUT2D eigenvalue weighted by molar-refractivity contribution is 6.71. The lowest BCUT2D eigenvalue weighted by Gasteiger charge is -2.22. The summed E-state index contributed by atoms with van der Waals surface area (Å²) in [5.74, 6) is 0.775. The third kappa shape index (κ3) is 11.0. The van der Waals surface area contributed by atoms with Gasteiger partial charge in [0.05, 0.1) is 0 Å². The highest BCUT2D eigenvalue weighted by Crippen LogP contribution is 2.15. The summed E-state index contributed by atoms with van der Waals surface area (Å²) in [6, 6.07) is 1.20. The minimum Gasteiger partial charge on any atom is -0.417 e. The van der Waals surface area contributed by atoms with E-state index in [1.807, 2.05) is 0 Å². The topological polar surface area (TPSA) is 9.23 Å². The van der Waals surface area contributed by atoms with Gasteiger partial charge in [0, 0.05) is 12.5 Å². The predicted molar refractivity (Wildman–Crippen MR) is 77.0 cm³/mol. The van der Waals surface area contributed by atoms with Crippen molar-refractivity contribution in [1.82, 2.24) is 0 Å². The molecule has 0 aliphatic carbocycles. The zero-order chi connectivity index (χ0) is 12.3. The van der Waals surface area contributed by atoms with Gasteiger partial charge in [-0.25, -0.2) is 0 Å². The summed E-state index contributed by atoms with van der Waals surface area (Å²) in [6.45, 7) is 7.83. The number of rotatable bonds is 11. The summed E-state index contributed by atoms with van der Waals surface area (Å²) in [5, 5.41) is 0. The van der Waals surface area contributed by atoms with Crippen LogP contribution in [-0.4, -0.2) is 20.8 Å². The molecule has 3 heteroatoms. The Morgan fingerprint density at radius 3 is 2.19 bits per heavy atom. The van der Waals surface area contributed by atoms with Crippen LogP contribution in [0.25, 0.3) is 0 Å². The average molecular weight is 265 g/mol. The number of alkyl halides is 1. The molecular formula is C13H29ClOSi. The second kappa shape index (κ2) is 10.6. The molecule has 0 atom stereocenters. The van der Waals surface area contributed by atoms with Crippen LogP contribution in [0.4, 0.5) is 0 Å². The molecule has 0 saturated heterocycles. The Morgan fingerprint density at radius 2 is 1.56 bits per heavy atom. The fourth-order valence-corrected chi connectivity index (χ4v) is 4.02. The number of hydrogen-bond acceptors (Lipinski definition) is 1. The molecule has 16 heavy (non-hydrogen) atoms. The quantitative estimate of drug-likeness (QED) is 0.283. The van der Waals surface area contributed by atoms with Gasteiger partial charge >= 0.3 is 0 Å². The average Bonchev–Trinajstić information content (AvgIpc) is 2.25. The van der Waals surface area contributed by atoms with Crippen LogP contribution in [0.2, 0.25) is 19.1 Å². The molecule has 1 nitrogen and oxygen atoms in total. The second-order valence-corrected chi connectivity index (χ2v) is 9.85. The summed E-state index contributed by atoms with van der Waals surface area (Å²) < 4.78 is 6.02. The lowest BCUT2D eigenvalue weighted by molar-refractivity contribution is 0.293. The van der Waals surface area contributed by atoms with Gasteiger partial charge in [-0.2, -0.15) is 0 Å². The first-order valence-electron chi connectivity index (χ1n) is 6.82. The molecule has 0 unspecified atom stereocenters. The standard InChI is InChI=1S/C13H29ClOSi/c1-4-5-6-7-8-9-12-15-16(2,3)13-10-11-14/h4-13H2,1-3H3. The maximum atomic E-state index is 6.02. The van der Waals surface area contributed by atoms with Crippen molar-refractivity contribution < 1.29 is 4.43 Å². The largest absolute Gasteiger partial charge is 0.417 e. The zero-order valence-corrected chi connectivity index (χ0v) is 13.1. The molecule has 0 aromatic rings. The van der Waals surface area contributed by atoms with E-state index in [4.69, 9.17) is 16.0 Å². The van der Waals surface area contributed by atoms with Gasteiger partial charge in [-0.3, -0.25) is 0 Å². The first-order chi connectivity index (χ1) is 7.62. The van der Waals surface area contributed by atoms with Gasteiger partial charge in [0.25, 0.3) is 0 Å². The van der Waals surface area contributed by atoms with Crippen molar-refractivity contribution in [3.8, 4) is 0 Å². The Hall–Kier alpha value is 0.467. The molecule has 0 aliphatic heterocycles. The van der Waals surface area contributed by atoms with Crippen molar-refractivity contribution in [3.05, 3.63) is 0 Å². The van der Waals surface area contributed by atoms with Crippen LogP contribution in [0.3, 0.4) is 0 Å². The molecule has 98 valence electrons. The Morgan fingerprint density at radius 1 is 0.938 bits per heavy atom. The maximum Gasteiger partial charge on any atom is 0.186 e. The Bertz CT molecular complexity index is 151. The van der Waals surface area contributed by atoms with E-state index in [0.29, 0.717) is 0 Å². The van der Waals surface area contributed by atoms with Crippen molar-refractivity contribution in [2.24, 2.45) is 0 Å². The van der Waals surface area contributed by atoms with Crippen molar-refractivity contribution in [2.45, 2.75) is 71.0 Å². The molecule has 0 aromatic carbocycles. The van der Waals surface area contributed by atoms with Crippen molar-refractivity contribution >= 4 is 19.9 Å². The lowest BCUT2D eigenvalue weighted by Crippen LogP contribution is -2.30. The van der Waals surface area contributed by atoms with Gasteiger partial charge in [-0.15, -0.1) is 11.6 Å². The van der Waals surface area contributed by atoms with E-state index in [0.717, 1.165) is 18.9 Å². The van der Waals surface area contributed by atoms with Gasteiger partial charge in [-0.05, 0) is 32.0 Å². The van der Waals surface area contributed by atoms with E-state index < -0.39 is 8.32 Å². The van der Waals surface area contributed by atoms with Gasteiger partial charge in [0.15, 0.2) is 8.32 Å². The van der Waals surface area contributed by atoms with Crippen LogP contribution in [-0.2, 0) is 4.43 Å². The Labute approximate surface area is 108 Å². The van der Waals surface area contributed by atoms with Crippen molar-refractivity contribution in [1.29, 1.82) is 0 Å². The van der Waals surface area contributed by atoms with E-state index in [-0.39, 0.29) is 0 Å². The van der Waals surface area contributed by atoms with Crippen molar-refractivity contribution in [3.63, 3.8) is 0 Å². The van der Waals surface area contributed by atoms with Crippen LogP contribution >= 0.6 is 11.6 Å². The molecule has 0 spiro atoms. The smallest absolute Gasteiger partial charge is 0.186 e. The van der Waals surface area contributed by atoms with Gasteiger partial charge in [0.2, 0.25) is 0 Å². The van der Waals surface area contributed by atoms with Crippen LogP contribution < -0.4 is 0 Å². The molecule has 0 N–H and O–H groups in total. The summed E-state index contributed by atoms with van der Waals surface area (Å²) in [4.78, 5) is 0. The molecule has 0 bridgehead atoms. The molecule has 0 saturated carbocycles. The predicted octanol–water partition coefficient (Wildman–Crippen LogP) is 5.20. The molecular weight excluding hydrogens is 236 g/mol. The highest BCUT2D eigenvalue weighted by atomic mass is 35.5. The van der Waals surface area contributed by atoms with E-state index in [9.17, 15) is 0 Å². The number of hydrogen-bond donors (Lipinski definition) is 0. The molecule has 0 aliphatic rings. The van der Waals surface area contributed by atoms with Crippen LogP contribution in [0.5, 0.6) is 0 Å².